The molecule has 0 N–H and O–H groups in total. The number of nitrogens with zero attached hydrogens (tertiary/aromatic N) is 2. The van der Waals surface area contributed by atoms with Gasteiger partial charge in [-0.1, -0.05) is 0 Å². The standard InChI is InChI=1S/C12H17BrN2O2/c1-12(2,3)17-11(16)15-6-4-9(5-7-15)10(13)8-14/h4-7H2,1-3H3. The summed E-state index contributed by atoms with van der Waals surface area (Å²) in [6.07, 6.45) is 1.19. The van der Waals surface area contributed by atoms with E-state index in [-0.39, 0.29) is 6.09 Å². The average Bonchev–Trinajstić information content (AvgIpc) is 2.26. The Bertz CT molecular complexity index is 367. The van der Waals surface area contributed by atoms with Crippen LogP contribution < -0.4 is 0 Å². The number of hydrogen-bond donors (Lipinski definition) is 0. The first-order chi connectivity index (χ1) is 7.83. The molecule has 1 aliphatic rings. The van der Waals surface area contributed by atoms with Crippen LogP contribution in [-0.2, 0) is 4.74 Å². The number of nitriles is 1. The zero-order chi connectivity index (χ0) is 13.1. The van der Waals surface area contributed by atoms with Gasteiger partial charge in [-0.05, 0) is 55.1 Å². The maximum Gasteiger partial charge on any atom is 0.410 e. The largest absolute Gasteiger partial charge is 0.444 e. The van der Waals surface area contributed by atoms with E-state index in [0.717, 1.165) is 18.4 Å². The Labute approximate surface area is 110 Å². The van der Waals surface area contributed by atoms with Crippen molar-refractivity contribution in [1.82, 2.24) is 4.90 Å². The van der Waals surface area contributed by atoms with Crippen molar-refractivity contribution in [3.8, 4) is 6.07 Å². The van der Waals surface area contributed by atoms with Gasteiger partial charge in [0, 0.05) is 13.1 Å². The number of carbonyl (C=O) groups is 1. The Hall–Kier alpha value is -1.02. The van der Waals surface area contributed by atoms with Crippen LogP contribution >= 0.6 is 15.9 Å². The Morgan fingerprint density at radius 3 is 2.35 bits per heavy atom. The zero-order valence-electron chi connectivity index (χ0n) is 10.4. The molecular weight excluding hydrogens is 284 g/mol. The predicted octanol–water partition coefficient (Wildman–Crippen LogP) is 3.19. The van der Waals surface area contributed by atoms with E-state index in [2.05, 4.69) is 22.0 Å². The van der Waals surface area contributed by atoms with E-state index in [4.69, 9.17) is 10.00 Å². The lowest BCUT2D eigenvalue weighted by Crippen LogP contribution is -2.40. The highest BCUT2D eigenvalue weighted by atomic mass is 79.9. The van der Waals surface area contributed by atoms with Gasteiger partial charge in [-0.2, -0.15) is 5.26 Å². The van der Waals surface area contributed by atoms with Crippen molar-refractivity contribution in [2.45, 2.75) is 39.2 Å². The minimum atomic E-state index is -0.458. The summed E-state index contributed by atoms with van der Waals surface area (Å²) in [6, 6.07) is 2.08. The van der Waals surface area contributed by atoms with E-state index in [0.29, 0.717) is 17.6 Å². The number of halogens is 1. The third-order valence-corrected chi connectivity index (χ3v) is 3.17. The van der Waals surface area contributed by atoms with Crippen LogP contribution in [0.4, 0.5) is 4.79 Å². The molecule has 0 aliphatic carbocycles. The van der Waals surface area contributed by atoms with Gasteiger partial charge in [0.2, 0.25) is 0 Å². The molecule has 1 fully saturated rings. The van der Waals surface area contributed by atoms with Crippen LogP contribution in [0.25, 0.3) is 0 Å². The van der Waals surface area contributed by atoms with Crippen molar-refractivity contribution >= 4 is 22.0 Å². The van der Waals surface area contributed by atoms with Gasteiger partial charge < -0.3 is 9.64 Å². The maximum atomic E-state index is 11.8. The van der Waals surface area contributed by atoms with E-state index < -0.39 is 5.60 Å². The van der Waals surface area contributed by atoms with E-state index >= 15 is 0 Å². The van der Waals surface area contributed by atoms with Gasteiger partial charge in [-0.15, -0.1) is 0 Å². The van der Waals surface area contributed by atoms with E-state index in [1.165, 1.54) is 0 Å². The van der Waals surface area contributed by atoms with Gasteiger partial charge in [-0.3, -0.25) is 0 Å². The Morgan fingerprint density at radius 1 is 1.41 bits per heavy atom. The van der Waals surface area contributed by atoms with E-state index in [1.807, 2.05) is 20.8 Å². The smallest absolute Gasteiger partial charge is 0.410 e. The number of allylic oxidation sites excluding steroid dienone is 1. The van der Waals surface area contributed by atoms with Gasteiger partial charge in [0.15, 0.2) is 0 Å². The van der Waals surface area contributed by atoms with Crippen LogP contribution in [0.3, 0.4) is 0 Å². The topological polar surface area (TPSA) is 53.3 Å². The maximum absolute atomic E-state index is 11.8. The highest BCUT2D eigenvalue weighted by Crippen LogP contribution is 2.24. The summed E-state index contributed by atoms with van der Waals surface area (Å²) in [7, 11) is 0. The molecule has 1 amide bonds. The minimum Gasteiger partial charge on any atom is -0.444 e. The van der Waals surface area contributed by atoms with Crippen molar-refractivity contribution in [2.75, 3.05) is 13.1 Å². The number of ether oxygens (including phenoxy) is 1. The molecule has 0 bridgehead atoms. The summed E-state index contributed by atoms with van der Waals surface area (Å²) in [5, 5.41) is 8.75. The van der Waals surface area contributed by atoms with Crippen molar-refractivity contribution < 1.29 is 9.53 Å². The molecule has 0 radical (unpaired) electrons. The van der Waals surface area contributed by atoms with Gasteiger partial charge >= 0.3 is 6.09 Å². The van der Waals surface area contributed by atoms with Crippen LogP contribution in [0, 0.1) is 11.3 Å². The van der Waals surface area contributed by atoms with E-state index in [1.54, 1.807) is 4.90 Å². The van der Waals surface area contributed by atoms with E-state index in [9.17, 15) is 4.79 Å². The van der Waals surface area contributed by atoms with Crippen LogP contribution in [0.5, 0.6) is 0 Å². The number of hydrogen-bond acceptors (Lipinski definition) is 3. The molecule has 0 aromatic rings. The summed E-state index contributed by atoms with van der Waals surface area (Å²) in [4.78, 5) is 13.5. The molecule has 1 heterocycles. The normalized spacial score (nSPS) is 16.4. The molecule has 5 heteroatoms. The minimum absolute atomic E-state index is 0.273. The van der Waals surface area contributed by atoms with Gasteiger partial charge in [0.05, 0.1) is 4.48 Å². The fourth-order valence-electron chi connectivity index (χ4n) is 1.58. The summed E-state index contributed by atoms with van der Waals surface area (Å²) in [6.45, 7) is 6.79. The second kappa shape index (κ2) is 5.54. The summed E-state index contributed by atoms with van der Waals surface area (Å²) < 4.78 is 5.89. The first kappa shape index (κ1) is 14.0. The summed E-state index contributed by atoms with van der Waals surface area (Å²) >= 11 is 3.23. The molecule has 1 saturated heterocycles. The molecular formula is C12H17BrN2O2. The molecule has 0 saturated carbocycles. The molecule has 94 valence electrons. The molecule has 1 rings (SSSR count). The predicted molar refractivity (Wildman–Crippen MR) is 68.6 cm³/mol. The fourth-order valence-corrected chi connectivity index (χ4v) is 1.98. The average molecular weight is 301 g/mol. The molecule has 0 atom stereocenters. The van der Waals surface area contributed by atoms with Gasteiger partial charge in [-0.25, -0.2) is 4.79 Å². The Morgan fingerprint density at radius 2 is 1.94 bits per heavy atom. The monoisotopic (exact) mass is 300 g/mol. The van der Waals surface area contributed by atoms with Crippen molar-refractivity contribution in [3.05, 3.63) is 10.1 Å². The van der Waals surface area contributed by atoms with Crippen molar-refractivity contribution in [1.29, 1.82) is 5.26 Å². The van der Waals surface area contributed by atoms with Crippen molar-refractivity contribution in [2.24, 2.45) is 0 Å². The Kier molecular flexibility index (Phi) is 4.58. The summed E-state index contributed by atoms with van der Waals surface area (Å²) in [5.41, 5.74) is 0.618. The number of carbonyl (C=O) groups excluding carboxylic acids is 1. The molecule has 17 heavy (non-hydrogen) atoms. The lowest BCUT2D eigenvalue weighted by Gasteiger charge is -2.31. The van der Waals surface area contributed by atoms with Crippen molar-refractivity contribution in [3.63, 3.8) is 0 Å². The van der Waals surface area contributed by atoms with Gasteiger partial charge in [0.1, 0.15) is 11.7 Å². The Balaban J connectivity index is 2.54. The second-order valence-corrected chi connectivity index (χ2v) is 5.79. The molecule has 0 aromatic heterocycles. The SMILES string of the molecule is CC(C)(C)OC(=O)N1CCC(=C(Br)C#N)CC1. The molecule has 1 aliphatic heterocycles. The number of rotatable bonds is 0. The second-order valence-electron chi connectivity index (χ2n) is 5.00. The molecule has 0 spiro atoms. The highest BCUT2D eigenvalue weighted by molar-refractivity contribution is 9.12. The van der Waals surface area contributed by atoms with Crippen LogP contribution in [0.2, 0.25) is 0 Å². The third-order valence-electron chi connectivity index (χ3n) is 2.43. The summed E-state index contributed by atoms with van der Waals surface area (Å²) in [5.74, 6) is 0. The fraction of sp³-hybridized carbons (Fsp3) is 0.667. The lowest BCUT2D eigenvalue weighted by atomic mass is 10.0. The quantitative estimate of drug-likeness (QED) is 0.646. The third kappa shape index (κ3) is 4.39. The highest BCUT2D eigenvalue weighted by Gasteiger charge is 2.25. The van der Waals surface area contributed by atoms with Gasteiger partial charge in [0.25, 0.3) is 0 Å². The zero-order valence-corrected chi connectivity index (χ0v) is 12.0. The lowest BCUT2D eigenvalue weighted by molar-refractivity contribution is 0.0236. The number of amides is 1. The first-order valence-electron chi connectivity index (χ1n) is 5.59. The van der Waals surface area contributed by atoms with Crippen LogP contribution in [0.1, 0.15) is 33.6 Å². The van der Waals surface area contributed by atoms with Crippen LogP contribution in [0.15, 0.2) is 10.1 Å². The first-order valence-corrected chi connectivity index (χ1v) is 6.38. The number of piperidine rings is 1. The molecule has 0 unspecified atom stereocenters. The number of likely N-dealkylation sites (tertiary alicyclic amines) is 1. The molecule has 0 aromatic carbocycles. The molecule has 4 nitrogen and oxygen atoms in total. The van der Waals surface area contributed by atoms with Crippen LogP contribution in [-0.4, -0.2) is 29.7 Å².